The molecule has 0 N–H and O–H groups in total. The summed E-state index contributed by atoms with van der Waals surface area (Å²) in [5.41, 5.74) is 11.3. The van der Waals surface area contributed by atoms with E-state index in [0.717, 1.165) is 39.0 Å². The van der Waals surface area contributed by atoms with E-state index in [2.05, 4.69) is 183 Å². The number of rotatable bonds is 2. The van der Waals surface area contributed by atoms with Crippen LogP contribution in [0.3, 0.4) is 0 Å². The van der Waals surface area contributed by atoms with Crippen LogP contribution in [0.2, 0.25) is 0 Å². The number of hydrogen-bond donors (Lipinski definition) is 0. The molecule has 4 aromatic heterocycles. The molecule has 0 saturated heterocycles. The Morgan fingerprint density at radius 2 is 0.902 bits per heavy atom. The van der Waals surface area contributed by atoms with Gasteiger partial charge in [-0.2, -0.15) is 0 Å². The summed E-state index contributed by atoms with van der Waals surface area (Å²) in [5, 5.41) is 11.0. The van der Waals surface area contributed by atoms with Crippen molar-refractivity contribution in [2.75, 3.05) is 0 Å². The largest absolute Gasteiger partial charge is 0.307 e. The van der Waals surface area contributed by atoms with Gasteiger partial charge in [0.25, 0.3) is 0 Å². The van der Waals surface area contributed by atoms with Crippen molar-refractivity contribution in [2.45, 2.75) is 0 Å². The van der Waals surface area contributed by atoms with Crippen LogP contribution in [0.25, 0.3) is 104 Å². The molecule has 236 valence electrons. The first-order valence-corrected chi connectivity index (χ1v) is 17.5. The number of imidazole rings is 1. The van der Waals surface area contributed by atoms with E-state index in [9.17, 15) is 0 Å². The van der Waals surface area contributed by atoms with Gasteiger partial charge in [-0.05, 0) is 82.9 Å². The maximum Gasteiger partial charge on any atom is 0.146 e. The molecule has 0 aliphatic heterocycles. The highest BCUT2D eigenvalue weighted by atomic mass is 15.1. The van der Waals surface area contributed by atoms with Crippen molar-refractivity contribution in [3.8, 4) is 11.4 Å². The number of hydrogen-bond acceptors (Lipinski definition) is 1. The average molecular weight is 649 g/mol. The molecule has 4 heterocycles. The van der Waals surface area contributed by atoms with Gasteiger partial charge in [0.05, 0.1) is 38.6 Å². The smallest absolute Gasteiger partial charge is 0.146 e. The van der Waals surface area contributed by atoms with E-state index >= 15 is 0 Å². The van der Waals surface area contributed by atoms with Crippen molar-refractivity contribution in [1.82, 2.24) is 18.5 Å². The molecule has 4 heteroatoms. The lowest BCUT2D eigenvalue weighted by Crippen LogP contribution is -1.99. The minimum absolute atomic E-state index is 0.989. The van der Waals surface area contributed by atoms with E-state index in [0.29, 0.717) is 0 Å². The van der Waals surface area contributed by atoms with Crippen molar-refractivity contribution in [2.24, 2.45) is 0 Å². The lowest BCUT2D eigenvalue weighted by molar-refractivity contribution is 1.15. The molecular formula is C47H28N4. The highest BCUT2D eigenvalue weighted by Crippen LogP contribution is 2.43. The minimum Gasteiger partial charge on any atom is -0.307 e. The van der Waals surface area contributed by atoms with Gasteiger partial charge in [-0.1, -0.05) is 103 Å². The maximum atomic E-state index is 5.20. The zero-order valence-electron chi connectivity index (χ0n) is 27.5. The fraction of sp³-hybridized carbons (Fsp3) is 0. The van der Waals surface area contributed by atoms with Gasteiger partial charge in [0.15, 0.2) is 0 Å². The molecule has 4 nitrogen and oxygen atoms in total. The highest BCUT2D eigenvalue weighted by molar-refractivity contribution is 6.24. The molecule has 0 radical (unpaired) electrons. The number of aromatic nitrogens is 4. The predicted molar refractivity (Wildman–Crippen MR) is 214 cm³/mol. The molecule has 0 unspecified atom stereocenters. The van der Waals surface area contributed by atoms with Crippen LogP contribution in [0.1, 0.15) is 0 Å². The third-order valence-corrected chi connectivity index (χ3v) is 10.9. The Morgan fingerprint density at radius 3 is 1.61 bits per heavy atom. The fourth-order valence-electron chi connectivity index (χ4n) is 8.79. The van der Waals surface area contributed by atoms with Gasteiger partial charge in [-0.25, -0.2) is 4.98 Å². The first kappa shape index (κ1) is 27.0. The van der Waals surface area contributed by atoms with Crippen LogP contribution in [0.4, 0.5) is 0 Å². The van der Waals surface area contributed by atoms with Crippen LogP contribution in [-0.2, 0) is 0 Å². The second kappa shape index (κ2) is 9.84. The molecule has 0 fully saturated rings. The minimum atomic E-state index is 0.989. The highest BCUT2D eigenvalue weighted by Gasteiger charge is 2.22. The molecule has 12 rings (SSSR count). The molecule has 0 bridgehead atoms. The maximum absolute atomic E-state index is 5.20. The molecule has 51 heavy (non-hydrogen) atoms. The molecule has 0 spiro atoms. The van der Waals surface area contributed by atoms with Gasteiger partial charge in [0.1, 0.15) is 5.65 Å². The zero-order chi connectivity index (χ0) is 33.2. The molecule has 0 aliphatic carbocycles. The van der Waals surface area contributed by atoms with Gasteiger partial charge < -0.3 is 9.13 Å². The van der Waals surface area contributed by atoms with Crippen LogP contribution in [0, 0.1) is 0 Å². The summed E-state index contributed by atoms with van der Waals surface area (Å²) in [4.78, 5) is 5.20. The molecule has 0 atom stereocenters. The first-order chi connectivity index (χ1) is 25.3. The van der Waals surface area contributed by atoms with Crippen molar-refractivity contribution in [3.63, 3.8) is 0 Å². The second-order valence-corrected chi connectivity index (χ2v) is 13.6. The van der Waals surface area contributed by atoms with Crippen molar-refractivity contribution < 1.29 is 0 Å². The molecule has 12 aromatic rings. The Labute approximate surface area is 291 Å². The number of nitrogens with zero attached hydrogens (tertiary/aromatic N) is 4. The molecular weight excluding hydrogens is 621 g/mol. The first-order valence-electron chi connectivity index (χ1n) is 17.5. The molecule has 8 aromatic carbocycles. The lowest BCUT2D eigenvalue weighted by atomic mass is 10.0. The van der Waals surface area contributed by atoms with E-state index < -0.39 is 0 Å². The average Bonchev–Trinajstić information content (AvgIpc) is 3.86. The third kappa shape index (κ3) is 3.55. The summed E-state index contributed by atoms with van der Waals surface area (Å²) in [6, 6.07) is 61.8. The third-order valence-electron chi connectivity index (χ3n) is 10.9. The van der Waals surface area contributed by atoms with E-state index in [1.165, 1.54) is 65.2 Å². The summed E-state index contributed by atoms with van der Waals surface area (Å²) in [6.07, 6.45) is 0. The quantitative estimate of drug-likeness (QED) is 0.135. The normalized spacial score (nSPS) is 12.3. The second-order valence-electron chi connectivity index (χ2n) is 13.6. The van der Waals surface area contributed by atoms with Crippen LogP contribution < -0.4 is 0 Å². The van der Waals surface area contributed by atoms with Gasteiger partial charge in [-0.3, -0.25) is 4.40 Å². The Morgan fingerprint density at radius 1 is 0.333 bits per heavy atom. The van der Waals surface area contributed by atoms with E-state index in [1.54, 1.807) is 0 Å². The predicted octanol–water partition coefficient (Wildman–Crippen LogP) is 12.1. The van der Waals surface area contributed by atoms with Crippen molar-refractivity contribution in [1.29, 1.82) is 0 Å². The van der Waals surface area contributed by atoms with E-state index in [-0.39, 0.29) is 0 Å². The van der Waals surface area contributed by atoms with Crippen LogP contribution in [0.15, 0.2) is 170 Å². The van der Waals surface area contributed by atoms with Crippen molar-refractivity contribution >= 4 is 92.7 Å². The Bertz CT molecular complexity index is 3420. The van der Waals surface area contributed by atoms with Gasteiger partial charge in [0.2, 0.25) is 0 Å². The van der Waals surface area contributed by atoms with Crippen LogP contribution >= 0.6 is 0 Å². The topological polar surface area (TPSA) is 27.2 Å². The van der Waals surface area contributed by atoms with Crippen LogP contribution in [0.5, 0.6) is 0 Å². The summed E-state index contributed by atoms with van der Waals surface area (Å²) in [7, 11) is 0. The number of para-hydroxylation sites is 5. The van der Waals surface area contributed by atoms with E-state index in [1.807, 2.05) is 0 Å². The monoisotopic (exact) mass is 648 g/mol. The summed E-state index contributed by atoms with van der Waals surface area (Å²) >= 11 is 0. The van der Waals surface area contributed by atoms with Gasteiger partial charge >= 0.3 is 0 Å². The Hall–Kier alpha value is -6.91. The lowest BCUT2D eigenvalue weighted by Gasteiger charge is -2.15. The number of benzene rings is 8. The zero-order valence-corrected chi connectivity index (χ0v) is 27.5. The molecule has 0 aliphatic rings. The number of fused-ring (bicyclic) bond motifs is 16. The van der Waals surface area contributed by atoms with Crippen molar-refractivity contribution in [3.05, 3.63) is 170 Å². The van der Waals surface area contributed by atoms with Gasteiger partial charge in [-0.15, -0.1) is 0 Å². The number of pyridine rings is 1. The van der Waals surface area contributed by atoms with Crippen LogP contribution in [-0.4, -0.2) is 18.5 Å². The SMILES string of the molecule is c1ccc(-n2c3ccccc3c3ccc4c5ccccc5n(-c5ccc6c(c5)c5cc7ccccc7cc5c5nc7ccccc7n65)c4c32)cc1. The Kier molecular flexibility index (Phi) is 5.20. The Balaban J connectivity index is 1.29. The summed E-state index contributed by atoms with van der Waals surface area (Å²) < 4.78 is 7.29. The fourth-order valence-corrected chi connectivity index (χ4v) is 8.79. The standard InChI is InChI=1S/C47H28N4/c1-2-14-31(15-3-1)49-41-19-9-6-16-33(41)35-23-24-36-34-17-7-10-20-42(34)50(46(36)45(35)49)32-22-25-43-38(28-32)37-26-29-12-4-5-13-30(29)27-39(37)47-48-40-18-8-11-21-44(40)51(43)47/h1-28H. The van der Waals surface area contributed by atoms with E-state index in [4.69, 9.17) is 4.98 Å². The molecule has 0 saturated carbocycles. The summed E-state index contributed by atoms with van der Waals surface area (Å²) in [5.74, 6) is 0. The van der Waals surface area contributed by atoms with Gasteiger partial charge in [0, 0.05) is 43.7 Å². The summed E-state index contributed by atoms with van der Waals surface area (Å²) in [6.45, 7) is 0. The molecule has 0 amide bonds.